The number of likely N-dealkylation sites (tertiary alicyclic amines) is 2. The first-order chi connectivity index (χ1) is 22.1. The van der Waals surface area contributed by atoms with Gasteiger partial charge in [0.2, 0.25) is 5.95 Å². The molecule has 2 N–H and O–H groups in total. The lowest BCUT2D eigenvalue weighted by Crippen LogP contribution is -2.36. The zero-order valence-corrected chi connectivity index (χ0v) is 26.0. The Kier molecular flexibility index (Phi) is 7.77. The van der Waals surface area contributed by atoms with Gasteiger partial charge in [0.25, 0.3) is 5.91 Å². The van der Waals surface area contributed by atoms with Crippen LogP contribution in [0.15, 0.2) is 59.8 Å². The zero-order chi connectivity index (χ0) is 32.2. The first-order valence-electron chi connectivity index (χ1n) is 15.6. The lowest BCUT2D eigenvalue weighted by atomic mass is 10.0. The van der Waals surface area contributed by atoms with Crippen molar-refractivity contribution >= 4 is 22.8 Å². The molecule has 240 valence electrons. The Balaban J connectivity index is 1.27. The molecule has 3 atom stereocenters. The Labute approximate surface area is 265 Å². The maximum atomic E-state index is 14.3. The van der Waals surface area contributed by atoms with E-state index in [1.165, 1.54) is 0 Å². The molecule has 2 aliphatic heterocycles. The van der Waals surface area contributed by atoms with E-state index in [1.54, 1.807) is 26.3 Å². The number of anilines is 1. The number of alkyl halides is 3. The first kappa shape index (κ1) is 30.3. The molecule has 7 rings (SSSR count). The summed E-state index contributed by atoms with van der Waals surface area (Å²) in [4.78, 5) is 25.9. The third kappa shape index (κ3) is 5.74. The van der Waals surface area contributed by atoms with Gasteiger partial charge in [-0.1, -0.05) is 24.1 Å². The number of ether oxygens (including phenoxy) is 1. The van der Waals surface area contributed by atoms with Crippen LogP contribution in [-0.4, -0.2) is 76.7 Å². The highest BCUT2D eigenvalue weighted by Crippen LogP contribution is 2.44. The molecule has 0 spiro atoms. The van der Waals surface area contributed by atoms with Crippen molar-refractivity contribution < 1.29 is 22.7 Å². The number of fused-ring (bicyclic) bond motifs is 2. The van der Waals surface area contributed by atoms with E-state index in [1.807, 2.05) is 24.3 Å². The van der Waals surface area contributed by atoms with Crippen LogP contribution < -0.4 is 10.6 Å². The van der Waals surface area contributed by atoms with Crippen LogP contribution in [0, 0.1) is 23.7 Å². The standard InChI is InChI=1S/C34H36F3N7O2/c1-4-7-31(45)39-26-12-27(30(46-3)13-29(26)43-17-20-15-42(2)16-21(20)18-43)40-33-38-14-25(34(35,36)37)32(41-33)24-19-44(22-10-11-22)28-9-6-5-8-23(24)28/h5-6,8-9,12,14,19-22,30H,10-11,13,15-18H2,1-3H3,(H,39,45)(H,38,40,41)/t20-,21+,30?. The molecule has 46 heavy (non-hydrogen) atoms. The van der Waals surface area contributed by atoms with Crippen LogP contribution in [0.1, 0.15) is 37.8 Å². The molecule has 1 unspecified atom stereocenters. The normalized spacial score (nSPS) is 23.3. The number of rotatable bonds is 7. The van der Waals surface area contributed by atoms with Crippen LogP contribution >= 0.6 is 0 Å². The van der Waals surface area contributed by atoms with Gasteiger partial charge >= 0.3 is 6.18 Å². The van der Waals surface area contributed by atoms with Gasteiger partial charge in [-0.25, -0.2) is 9.97 Å². The van der Waals surface area contributed by atoms with Gasteiger partial charge in [0, 0.05) is 86.0 Å². The number of allylic oxidation sites excluding steroid dienone is 1. The summed E-state index contributed by atoms with van der Waals surface area (Å²) in [7, 11) is 3.72. The number of halogens is 3. The summed E-state index contributed by atoms with van der Waals surface area (Å²) >= 11 is 0. The quantitative estimate of drug-likeness (QED) is 0.355. The minimum Gasteiger partial charge on any atom is -0.375 e. The average Bonchev–Trinajstić information content (AvgIpc) is 3.54. The molecule has 0 radical (unpaired) electrons. The monoisotopic (exact) mass is 631 g/mol. The van der Waals surface area contributed by atoms with Crippen molar-refractivity contribution in [2.45, 2.75) is 44.5 Å². The molecule has 1 saturated carbocycles. The van der Waals surface area contributed by atoms with Crippen molar-refractivity contribution in [3.63, 3.8) is 0 Å². The molecule has 2 saturated heterocycles. The van der Waals surface area contributed by atoms with Gasteiger partial charge in [-0.3, -0.25) is 4.79 Å². The fraction of sp³-hybridized carbons (Fsp3) is 0.441. The van der Waals surface area contributed by atoms with Gasteiger partial charge < -0.3 is 29.7 Å². The summed E-state index contributed by atoms with van der Waals surface area (Å²) in [6.45, 7) is 5.40. The van der Waals surface area contributed by atoms with Crippen LogP contribution in [0.2, 0.25) is 0 Å². The second-order valence-corrected chi connectivity index (χ2v) is 12.6. The van der Waals surface area contributed by atoms with Gasteiger partial charge in [-0.2, -0.15) is 13.2 Å². The van der Waals surface area contributed by atoms with E-state index in [4.69, 9.17) is 4.74 Å². The van der Waals surface area contributed by atoms with Gasteiger partial charge in [0.05, 0.1) is 11.4 Å². The van der Waals surface area contributed by atoms with E-state index >= 15 is 0 Å². The number of aromatic nitrogens is 3. The minimum atomic E-state index is -4.66. The molecule has 3 fully saturated rings. The van der Waals surface area contributed by atoms with Crippen LogP contribution in [0.25, 0.3) is 22.2 Å². The molecular formula is C34H36F3N7O2. The number of methoxy groups -OCH3 is 1. The molecule has 2 aromatic heterocycles. The Hall–Kier alpha value is -4.34. The number of carbonyl (C=O) groups excluding carboxylic acids is 1. The molecular weight excluding hydrogens is 595 g/mol. The van der Waals surface area contributed by atoms with Crippen molar-refractivity contribution in [1.29, 1.82) is 0 Å². The summed E-state index contributed by atoms with van der Waals surface area (Å²) in [5.41, 5.74) is 2.23. The van der Waals surface area contributed by atoms with E-state index in [-0.39, 0.29) is 17.7 Å². The SMILES string of the molecule is CC#CC(=O)NC1=C(N2C[C@H]3CN(C)C[C@H]3C2)CC(OC)C(Nc2ncc(C(F)(F)F)c(-c3cn(C4CC4)c4ccccc34)n2)=C1. The summed E-state index contributed by atoms with van der Waals surface area (Å²) in [5.74, 6) is 5.82. The third-order valence-corrected chi connectivity index (χ3v) is 9.44. The fourth-order valence-corrected chi connectivity index (χ4v) is 7.21. The summed E-state index contributed by atoms with van der Waals surface area (Å²) in [6, 6.07) is 7.73. The highest BCUT2D eigenvalue weighted by atomic mass is 19.4. The van der Waals surface area contributed by atoms with E-state index in [0.717, 1.165) is 56.4 Å². The number of nitrogens with zero attached hydrogens (tertiary/aromatic N) is 5. The van der Waals surface area contributed by atoms with Crippen molar-refractivity contribution in [1.82, 2.24) is 29.7 Å². The molecule has 12 heteroatoms. The van der Waals surface area contributed by atoms with Gasteiger partial charge in [-0.15, -0.1) is 0 Å². The molecule has 1 aromatic carbocycles. The Morgan fingerprint density at radius 2 is 1.85 bits per heavy atom. The van der Waals surface area contributed by atoms with Crippen LogP contribution in [0.5, 0.6) is 0 Å². The maximum Gasteiger partial charge on any atom is 0.419 e. The summed E-state index contributed by atoms with van der Waals surface area (Å²) in [6.07, 6.45) is 1.67. The minimum absolute atomic E-state index is 0.000714. The number of para-hydroxylation sites is 1. The lowest BCUT2D eigenvalue weighted by molar-refractivity contribution is -0.137. The van der Waals surface area contributed by atoms with Crippen molar-refractivity contribution in [3.8, 4) is 23.1 Å². The average molecular weight is 632 g/mol. The second kappa shape index (κ2) is 11.8. The zero-order valence-electron chi connectivity index (χ0n) is 26.0. The van der Waals surface area contributed by atoms with Gasteiger partial charge in [0.15, 0.2) is 0 Å². The topological polar surface area (TPSA) is 87.5 Å². The predicted octanol–water partition coefficient (Wildman–Crippen LogP) is 5.01. The summed E-state index contributed by atoms with van der Waals surface area (Å²) < 4.78 is 51.0. The molecule has 4 heterocycles. The molecule has 0 bridgehead atoms. The largest absolute Gasteiger partial charge is 0.419 e. The number of benzene rings is 1. The van der Waals surface area contributed by atoms with E-state index in [9.17, 15) is 18.0 Å². The van der Waals surface area contributed by atoms with Crippen LogP contribution in [-0.2, 0) is 15.7 Å². The predicted molar refractivity (Wildman–Crippen MR) is 168 cm³/mol. The van der Waals surface area contributed by atoms with Gasteiger partial charge in [-0.05, 0) is 56.7 Å². The van der Waals surface area contributed by atoms with E-state index in [0.29, 0.717) is 40.6 Å². The Morgan fingerprint density at radius 1 is 1.11 bits per heavy atom. The van der Waals surface area contributed by atoms with Crippen LogP contribution in [0.4, 0.5) is 19.1 Å². The molecule has 2 aliphatic carbocycles. The van der Waals surface area contributed by atoms with E-state index in [2.05, 4.69) is 53.9 Å². The Bertz CT molecular complexity index is 1800. The van der Waals surface area contributed by atoms with Gasteiger partial charge in [0.1, 0.15) is 11.7 Å². The number of carbonyl (C=O) groups is 1. The first-order valence-corrected chi connectivity index (χ1v) is 15.6. The van der Waals surface area contributed by atoms with Crippen LogP contribution in [0.3, 0.4) is 0 Å². The lowest BCUT2D eigenvalue weighted by Gasteiger charge is -2.33. The van der Waals surface area contributed by atoms with Crippen molar-refractivity contribution in [2.24, 2.45) is 11.8 Å². The van der Waals surface area contributed by atoms with Crippen molar-refractivity contribution in [3.05, 3.63) is 65.4 Å². The maximum absolute atomic E-state index is 14.3. The molecule has 3 aromatic rings. The number of amides is 1. The smallest absolute Gasteiger partial charge is 0.375 e. The highest BCUT2D eigenvalue weighted by molar-refractivity contribution is 5.96. The number of hydrogen-bond donors (Lipinski definition) is 2. The molecule has 9 nitrogen and oxygen atoms in total. The van der Waals surface area contributed by atoms with E-state index < -0.39 is 23.8 Å². The summed E-state index contributed by atoms with van der Waals surface area (Å²) in [5, 5.41) is 6.79. The van der Waals surface area contributed by atoms with Crippen molar-refractivity contribution in [2.75, 3.05) is 45.7 Å². The second-order valence-electron chi connectivity index (χ2n) is 12.6. The molecule has 1 amide bonds. The number of hydrogen-bond acceptors (Lipinski definition) is 7. The molecule has 4 aliphatic rings. The number of nitrogens with one attached hydrogen (secondary N) is 2. The third-order valence-electron chi connectivity index (χ3n) is 9.44. The Morgan fingerprint density at radius 3 is 2.52 bits per heavy atom. The highest BCUT2D eigenvalue weighted by Gasteiger charge is 2.41. The fourth-order valence-electron chi connectivity index (χ4n) is 7.21.